The molecular weight excluding hydrogens is 274 g/mol. The molecule has 1 fully saturated rings. The molecule has 7 nitrogen and oxygen atoms in total. The van der Waals surface area contributed by atoms with E-state index in [4.69, 9.17) is 4.74 Å². The minimum atomic E-state index is -0.330. The molecule has 0 saturated carbocycles. The summed E-state index contributed by atoms with van der Waals surface area (Å²) in [6.45, 7) is 3.33. The minimum absolute atomic E-state index is 0.0406. The molecule has 21 heavy (non-hydrogen) atoms. The second kappa shape index (κ2) is 7.21. The van der Waals surface area contributed by atoms with E-state index < -0.39 is 0 Å². The molecule has 0 aliphatic carbocycles. The standard InChI is InChI=1S/C14H21N3O4/c1-10-12(8-15-16-10)14(19)17(6-5-13(18)20-2)9-11-4-3-7-21-11/h8,11H,3-7,9H2,1-2H3,(H,15,16). The summed E-state index contributed by atoms with van der Waals surface area (Å²) in [7, 11) is 1.34. The van der Waals surface area contributed by atoms with E-state index in [0.29, 0.717) is 18.7 Å². The third-order valence-electron chi connectivity index (χ3n) is 3.61. The monoisotopic (exact) mass is 295 g/mol. The Bertz CT molecular complexity index is 494. The van der Waals surface area contributed by atoms with Crippen molar-refractivity contribution in [3.63, 3.8) is 0 Å². The van der Waals surface area contributed by atoms with Gasteiger partial charge >= 0.3 is 5.97 Å². The van der Waals surface area contributed by atoms with Crippen LogP contribution in [-0.4, -0.2) is 59.9 Å². The maximum atomic E-state index is 12.6. The maximum absolute atomic E-state index is 12.6. The van der Waals surface area contributed by atoms with Crippen molar-refractivity contribution in [3.05, 3.63) is 17.5 Å². The molecule has 0 aromatic carbocycles. The topological polar surface area (TPSA) is 84.5 Å². The van der Waals surface area contributed by atoms with Gasteiger partial charge in [0.15, 0.2) is 0 Å². The summed E-state index contributed by atoms with van der Waals surface area (Å²) < 4.78 is 10.2. The Hall–Kier alpha value is -1.89. The van der Waals surface area contributed by atoms with Crippen LogP contribution in [0.2, 0.25) is 0 Å². The average Bonchev–Trinajstić information content (AvgIpc) is 3.13. The Morgan fingerprint density at radius 3 is 2.95 bits per heavy atom. The van der Waals surface area contributed by atoms with E-state index in [0.717, 1.165) is 25.1 Å². The van der Waals surface area contributed by atoms with Crippen molar-refractivity contribution >= 4 is 11.9 Å². The highest BCUT2D eigenvalue weighted by molar-refractivity contribution is 5.95. The molecule has 0 spiro atoms. The van der Waals surface area contributed by atoms with Gasteiger partial charge in [0, 0.05) is 25.4 Å². The Morgan fingerprint density at radius 1 is 1.57 bits per heavy atom. The third-order valence-corrected chi connectivity index (χ3v) is 3.61. The number of ether oxygens (including phenoxy) is 2. The Labute approximate surface area is 123 Å². The smallest absolute Gasteiger partial charge is 0.307 e. The van der Waals surface area contributed by atoms with E-state index in [1.165, 1.54) is 13.3 Å². The van der Waals surface area contributed by atoms with Gasteiger partial charge in [-0.05, 0) is 19.8 Å². The van der Waals surface area contributed by atoms with Crippen molar-refractivity contribution in [2.45, 2.75) is 32.3 Å². The summed E-state index contributed by atoms with van der Waals surface area (Å²) in [5, 5.41) is 6.63. The average molecular weight is 295 g/mol. The molecule has 1 unspecified atom stereocenters. The number of carbonyl (C=O) groups excluding carboxylic acids is 2. The molecule has 1 aromatic heterocycles. The predicted molar refractivity (Wildman–Crippen MR) is 74.8 cm³/mol. The van der Waals surface area contributed by atoms with E-state index in [1.54, 1.807) is 11.8 Å². The number of hydrogen-bond donors (Lipinski definition) is 1. The quantitative estimate of drug-likeness (QED) is 0.788. The fourth-order valence-electron chi connectivity index (χ4n) is 2.37. The van der Waals surface area contributed by atoms with Gasteiger partial charge in [0.1, 0.15) is 0 Å². The second-order valence-corrected chi connectivity index (χ2v) is 5.12. The molecule has 7 heteroatoms. The van der Waals surface area contributed by atoms with E-state index in [1.807, 2.05) is 0 Å². The lowest BCUT2D eigenvalue weighted by atomic mass is 10.2. The number of methoxy groups -OCH3 is 1. The molecule has 116 valence electrons. The molecule has 1 aliphatic heterocycles. The predicted octanol–water partition coefficient (Wildman–Crippen LogP) is 0.902. The first-order valence-corrected chi connectivity index (χ1v) is 7.09. The highest BCUT2D eigenvalue weighted by Gasteiger charge is 2.25. The minimum Gasteiger partial charge on any atom is -0.469 e. The highest BCUT2D eigenvalue weighted by Crippen LogP contribution is 2.16. The number of nitrogens with one attached hydrogen (secondary N) is 1. The summed E-state index contributed by atoms with van der Waals surface area (Å²) in [6, 6.07) is 0. The number of aromatic amines is 1. The zero-order valence-corrected chi connectivity index (χ0v) is 12.4. The van der Waals surface area contributed by atoms with Crippen molar-refractivity contribution in [1.82, 2.24) is 15.1 Å². The fourth-order valence-corrected chi connectivity index (χ4v) is 2.37. The SMILES string of the molecule is COC(=O)CCN(CC1CCCO1)C(=O)c1cn[nH]c1C. The van der Waals surface area contributed by atoms with E-state index in [2.05, 4.69) is 14.9 Å². The van der Waals surface area contributed by atoms with Gasteiger partial charge in [-0.25, -0.2) is 0 Å². The molecule has 1 amide bonds. The Balaban J connectivity index is 2.04. The highest BCUT2D eigenvalue weighted by atomic mass is 16.5. The first-order valence-electron chi connectivity index (χ1n) is 7.09. The van der Waals surface area contributed by atoms with Crippen LogP contribution in [0.4, 0.5) is 0 Å². The zero-order chi connectivity index (χ0) is 15.2. The lowest BCUT2D eigenvalue weighted by Gasteiger charge is -2.25. The van der Waals surface area contributed by atoms with Gasteiger partial charge in [-0.1, -0.05) is 0 Å². The van der Waals surface area contributed by atoms with Crippen LogP contribution in [0.5, 0.6) is 0 Å². The number of hydrogen-bond acceptors (Lipinski definition) is 5. The van der Waals surface area contributed by atoms with Gasteiger partial charge in [0.2, 0.25) is 0 Å². The normalized spacial score (nSPS) is 17.7. The van der Waals surface area contributed by atoms with Gasteiger partial charge in [-0.2, -0.15) is 5.10 Å². The number of rotatable bonds is 6. The summed E-state index contributed by atoms with van der Waals surface area (Å²) >= 11 is 0. The number of H-pyrrole nitrogens is 1. The van der Waals surface area contributed by atoms with Gasteiger partial charge in [-0.3, -0.25) is 14.7 Å². The van der Waals surface area contributed by atoms with Gasteiger partial charge in [0.05, 0.1) is 31.4 Å². The lowest BCUT2D eigenvalue weighted by molar-refractivity contribution is -0.140. The van der Waals surface area contributed by atoms with Crippen LogP contribution in [0.25, 0.3) is 0 Å². The molecule has 2 rings (SSSR count). The van der Waals surface area contributed by atoms with Gasteiger partial charge < -0.3 is 14.4 Å². The van der Waals surface area contributed by atoms with Crippen molar-refractivity contribution in [2.75, 3.05) is 26.8 Å². The Kier molecular flexibility index (Phi) is 5.32. The van der Waals surface area contributed by atoms with Crippen molar-refractivity contribution in [1.29, 1.82) is 0 Å². The van der Waals surface area contributed by atoms with E-state index in [9.17, 15) is 9.59 Å². The molecular formula is C14H21N3O4. The van der Waals surface area contributed by atoms with Gasteiger partial charge in [0.25, 0.3) is 5.91 Å². The van der Waals surface area contributed by atoms with E-state index in [-0.39, 0.29) is 24.4 Å². The van der Waals surface area contributed by atoms with Crippen LogP contribution in [0.3, 0.4) is 0 Å². The number of aromatic nitrogens is 2. The van der Waals surface area contributed by atoms with Crippen LogP contribution in [0, 0.1) is 6.92 Å². The summed E-state index contributed by atoms with van der Waals surface area (Å²) in [5.74, 6) is -0.468. The zero-order valence-electron chi connectivity index (χ0n) is 12.4. The summed E-state index contributed by atoms with van der Waals surface area (Å²) in [6.07, 6.45) is 3.67. The molecule has 1 aromatic rings. The number of aryl methyl sites for hydroxylation is 1. The summed E-state index contributed by atoms with van der Waals surface area (Å²) in [5.41, 5.74) is 1.24. The molecule has 1 saturated heterocycles. The van der Waals surface area contributed by atoms with Crippen LogP contribution in [0.15, 0.2) is 6.20 Å². The Morgan fingerprint density at radius 2 is 2.38 bits per heavy atom. The molecule has 1 atom stereocenters. The summed E-state index contributed by atoms with van der Waals surface area (Å²) in [4.78, 5) is 25.5. The fraction of sp³-hybridized carbons (Fsp3) is 0.643. The number of amides is 1. The third kappa shape index (κ3) is 4.04. The molecule has 1 aliphatic rings. The van der Waals surface area contributed by atoms with Crippen molar-refractivity contribution in [2.24, 2.45) is 0 Å². The first-order chi connectivity index (χ1) is 10.1. The molecule has 1 N–H and O–H groups in total. The molecule has 2 heterocycles. The molecule has 0 bridgehead atoms. The molecule has 0 radical (unpaired) electrons. The van der Waals surface area contributed by atoms with Crippen LogP contribution >= 0.6 is 0 Å². The first kappa shape index (κ1) is 15.5. The second-order valence-electron chi connectivity index (χ2n) is 5.12. The van der Waals surface area contributed by atoms with Crippen LogP contribution < -0.4 is 0 Å². The van der Waals surface area contributed by atoms with Crippen LogP contribution in [-0.2, 0) is 14.3 Å². The lowest BCUT2D eigenvalue weighted by Crippen LogP contribution is -2.39. The number of esters is 1. The van der Waals surface area contributed by atoms with Crippen LogP contribution in [0.1, 0.15) is 35.3 Å². The number of carbonyl (C=O) groups is 2. The largest absolute Gasteiger partial charge is 0.469 e. The van der Waals surface area contributed by atoms with Crippen molar-refractivity contribution < 1.29 is 19.1 Å². The van der Waals surface area contributed by atoms with Crippen molar-refractivity contribution in [3.8, 4) is 0 Å². The van der Waals surface area contributed by atoms with Gasteiger partial charge in [-0.15, -0.1) is 0 Å². The number of nitrogens with zero attached hydrogens (tertiary/aromatic N) is 2. The maximum Gasteiger partial charge on any atom is 0.307 e. The van der Waals surface area contributed by atoms with E-state index >= 15 is 0 Å².